The summed E-state index contributed by atoms with van der Waals surface area (Å²) in [6, 6.07) is 16.3. The second kappa shape index (κ2) is 14.1. The number of nitrogens with one attached hydrogen (secondary N) is 1. The van der Waals surface area contributed by atoms with E-state index in [0.29, 0.717) is 33.5 Å². The monoisotopic (exact) mass is 559 g/mol. The molecule has 0 aromatic heterocycles. The first-order valence-corrected chi connectivity index (χ1v) is 11.8. The molecular weight excluding hydrogens is 538 g/mol. The van der Waals surface area contributed by atoms with Crippen LogP contribution in [-0.4, -0.2) is 30.5 Å². The maximum atomic E-state index is 12.8. The number of aliphatic hydroxyl groups is 1. The molecule has 38 heavy (non-hydrogen) atoms. The van der Waals surface area contributed by atoms with Crippen molar-refractivity contribution >= 4 is 52.3 Å². The maximum absolute atomic E-state index is 12.8. The van der Waals surface area contributed by atoms with Gasteiger partial charge < -0.3 is 19.9 Å². The number of allylic oxidation sites excluding steroid dienone is 1. The van der Waals surface area contributed by atoms with Crippen molar-refractivity contribution < 1.29 is 34.0 Å². The van der Waals surface area contributed by atoms with Crippen molar-refractivity contribution in [2.24, 2.45) is 20.5 Å². The molecule has 0 radical (unpaired) electrons. The fourth-order valence-corrected chi connectivity index (χ4v) is 3.42. The quantitative estimate of drug-likeness (QED) is 0.0538. The van der Waals surface area contributed by atoms with Crippen LogP contribution >= 0.6 is 23.6 Å². The first kappa shape index (κ1) is 28.6. The van der Waals surface area contributed by atoms with Crippen molar-refractivity contribution in [2.75, 3.05) is 19.5 Å². The van der Waals surface area contributed by atoms with E-state index in [0.717, 1.165) is 12.0 Å². The SMILES string of the molecule is COc1ccc(NC(=O)/C(N=Nc2ccc(N=Nc3ccc(SOOO)cc3)cc2Cl)=C(/C)O)c(OC)c1. The molecule has 0 bridgehead atoms. The molecule has 3 N–H and O–H groups in total. The largest absolute Gasteiger partial charge is 0.510 e. The molecule has 0 saturated carbocycles. The topological polar surface area (TPSA) is 156 Å². The highest BCUT2D eigenvalue weighted by Crippen LogP contribution is 2.32. The molecule has 3 aromatic rings. The lowest BCUT2D eigenvalue weighted by Crippen LogP contribution is -2.15. The third kappa shape index (κ3) is 7.99. The molecule has 0 heterocycles. The summed E-state index contributed by atoms with van der Waals surface area (Å²) >= 11 is 7.13. The minimum absolute atomic E-state index is 0.199. The summed E-state index contributed by atoms with van der Waals surface area (Å²) in [6.45, 7) is 1.31. The first-order chi connectivity index (χ1) is 18.3. The van der Waals surface area contributed by atoms with Gasteiger partial charge in [0.15, 0.2) is 5.70 Å². The van der Waals surface area contributed by atoms with E-state index >= 15 is 0 Å². The van der Waals surface area contributed by atoms with Crippen LogP contribution in [0, 0.1) is 0 Å². The van der Waals surface area contributed by atoms with Gasteiger partial charge in [0.2, 0.25) is 0 Å². The van der Waals surface area contributed by atoms with Crippen LogP contribution in [0.3, 0.4) is 0 Å². The minimum atomic E-state index is -0.710. The molecule has 0 spiro atoms. The predicted octanol–water partition coefficient (Wildman–Crippen LogP) is 7.71. The van der Waals surface area contributed by atoms with Gasteiger partial charge in [0, 0.05) is 11.0 Å². The highest BCUT2D eigenvalue weighted by atomic mass is 35.5. The molecule has 1 amide bonds. The molecule has 0 unspecified atom stereocenters. The summed E-state index contributed by atoms with van der Waals surface area (Å²) in [5.41, 5.74) is 1.28. The molecule has 12 nitrogen and oxygen atoms in total. The molecule has 3 rings (SSSR count). The van der Waals surface area contributed by atoms with Crippen LogP contribution in [0.5, 0.6) is 11.5 Å². The van der Waals surface area contributed by atoms with E-state index in [2.05, 4.69) is 35.1 Å². The summed E-state index contributed by atoms with van der Waals surface area (Å²) in [6.07, 6.45) is 0. The number of ether oxygens (including phenoxy) is 2. The number of carbonyl (C=O) groups excluding carboxylic acids is 1. The van der Waals surface area contributed by atoms with E-state index in [9.17, 15) is 9.90 Å². The zero-order valence-electron chi connectivity index (χ0n) is 20.3. The second-order valence-electron chi connectivity index (χ2n) is 7.21. The molecule has 0 fully saturated rings. The third-order valence-corrected chi connectivity index (χ3v) is 5.58. The van der Waals surface area contributed by atoms with Crippen molar-refractivity contribution in [1.29, 1.82) is 0 Å². The molecular formula is C24H22ClN5O7S. The summed E-state index contributed by atoms with van der Waals surface area (Å²) < 4.78 is 14.8. The molecule has 0 atom stereocenters. The molecule has 0 saturated heterocycles. The molecule has 0 aliphatic carbocycles. The second-order valence-corrected chi connectivity index (χ2v) is 8.39. The first-order valence-electron chi connectivity index (χ1n) is 10.7. The summed E-state index contributed by atoms with van der Waals surface area (Å²) in [5, 5.41) is 40.7. The van der Waals surface area contributed by atoms with Gasteiger partial charge in [-0.05, 0) is 61.5 Å². The van der Waals surface area contributed by atoms with Crippen molar-refractivity contribution in [3.05, 3.63) is 77.1 Å². The number of hydrogen-bond donors (Lipinski definition) is 3. The molecule has 0 aliphatic rings. The van der Waals surface area contributed by atoms with E-state index in [1.165, 1.54) is 27.2 Å². The number of carbonyl (C=O) groups is 1. The Hall–Kier alpha value is -4.01. The van der Waals surface area contributed by atoms with Gasteiger partial charge in [-0.1, -0.05) is 16.6 Å². The smallest absolute Gasteiger partial charge is 0.279 e. The Bertz CT molecular complexity index is 1360. The number of aliphatic hydroxyl groups excluding tert-OH is 1. The van der Waals surface area contributed by atoms with Gasteiger partial charge in [-0.25, -0.2) is 5.26 Å². The lowest BCUT2D eigenvalue weighted by Gasteiger charge is -2.11. The van der Waals surface area contributed by atoms with Gasteiger partial charge in [-0.3, -0.25) is 4.79 Å². The Labute approximate surface area is 226 Å². The number of hydrogen-bond acceptors (Lipinski definition) is 12. The lowest BCUT2D eigenvalue weighted by molar-refractivity contribution is -0.432. The number of azo groups is 2. The van der Waals surface area contributed by atoms with Gasteiger partial charge in [-0.15, -0.1) is 14.6 Å². The number of benzene rings is 3. The number of halogens is 1. The van der Waals surface area contributed by atoms with Crippen LogP contribution in [0.1, 0.15) is 6.92 Å². The fraction of sp³-hybridized carbons (Fsp3) is 0.125. The average Bonchev–Trinajstić information content (AvgIpc) is 2.92. The van der Waals surface area contributed by atoms with Crippen molar-refractivity contribution in [3.63, 3.8) is 0 Å². The Morgan fingerprint density at radius 1 is 0.947 bits per heavy atom. The van der Waals surface area contributed by atoms with Gasteiger partial charge in [0.25, 0.3) is 5.91 Å². The Kier molecular flexibility index (Phi) is 10.6. The number of anilines is 1. The normalized spacial score (nSPS) is 12.0. The van der Waals surface area contributed by atoms with Gasteiger partial charge in [-0.2, -0.15) is 10.2 Å². The fourth-order valence-electron chi connectivity index (χ4n) is 2.85. The van der Waals surface area contributed by atoms with Crippen LogP contribution in [0.25, 0.3) is 0 Å². The van der Waals surface area contributed by atoms with Crippen LogP contribution in [-0.2, 0) is 14.2 Å². The highest BCUT2D eigenvalue weighted by molar-refractivity contribution is 7.94. The number of rotatable bonds is 11. The summed E-state index contributed by atoms with van der Waals surface area (Å²) in [7, 11) is 2.96. The summed E-state index contributed by atoms with van der Waals surface area (Å²) in [4.78, 5) is 13.5. The van der Waals surface area contributed by atoms with Crippen LogP contribution < -0.4 is 14.8 Å². The van der Waals surface area contributed by atoms with Gasteiger partial charge in [0.1, 0.15) is 22.9 Å². The highest BCUT2D eigenvalue weighted by Gasteiger charge is 2.16. The van der Waals surface area contributed by atoms with E-state index in [1.807, 2.05) is 0 Å². The minimum Gasteiger partial charge on any atom is -0.510 e. The van der Waals surface area contributed by atoms with Gasteiger partial charge in [0.05, 0.1) is 48.3 Å². The molecule has 0 aliphatic heterocycles. The predicted molar refractivity (Wildman–Crippen MR) is 141 cm³/mol. The van der Waals surface area contributed by atoms with Gasteiger partial charge >= 0.3 is 0 Å². The van der Waals surface area contributed by atoms with Crippen LogP contribution in [0.4, 0.5) is 22.7 Å². The lowest BCUT2D eigenvalue weighted by atomic mass is 10.2. The van der Waals surface area contributed by atoms with Crippen molar-refractivity contribution in [1.82, 2.24) is 0 Å². The van der Waals surface area contributed by atoms with E-state index in [1.54, 1.807) is 54.6 Å². The third-order valence-electron chi connectivity index (χ3n) is 4.68. The molecule has 14 heteroatoms. The Morgan fingerprint density at radius 3 is 2.29 bits per heavy atom. The Balaban J connectivity index is 1.71. The standard InChI is InChI=1S/C24H22ClN5O7S/c1-14(31)23(24(32)26-21-11-7-17(34-2)13-22(21)35-3)30-29-20-10-6-16(12-19(20)25)28-27-15-4-8-18(9-5-15)38-37-36-33/h4-13,31,33H,1-3H3,(H,26,32)/b23-14+,28-27?,30-29?. The van der Waals surface area contributed by atoms with E-state index < -0.39 is 5.91 Å². The van der Waals surface area contributed by atoms with Crippen molar-refractivity contribution in [3.8, 4) is 11.5 Å². The average molecular weight is 560 g/mol. The number of amides is 1. The van der Waals surface area contributed by atoms with Crippen molar-refractivity contribution in [2.45, 2.75) is 11.8 Å². The van der Waals surface area contributed by atoms with E-state index in [-0.39, 0.29) is 22.2 Å². The van der Waals surface area contributed by atoms with Crippen LogP contribution in [0.15, 0.2) is 97.5 Å². The number of methoxy groups -OCH3 is 2. The zero-order valence-corrected chi connectivity index (χ0v) is 21.9. The summed E-state index contributed by atoms with van der Waals surface area (Å²) in [5.74, 6) is -0.153. The number of nitrogens with zero attached hydrogens (tertiary/aromatic N) is 4. The molecule has 3 aromatic carbocycles. The Morgan fingerprint density at radius 2 is 1.66 bits per heavy atom. The zero-order chi connectivity index (χ0) is 27.5. The van der Waals surface area contributed by atoms with Crippen LogP contribution in [0.2, 0.25) is 5.02 Å². The molecule has 198 valence electrons. The van der Waals surface area contributed by atoms with E-state index in [4.69, 9.17) is 26.3 Å². The maximum Gasteiger partial charge on any atom is 0.279 e.